The summed E-state index contributed by atoms with van der Waals surface area (Å²) in [4.78, 5) is 46.0. The fraction of sp³-hybridized carbons (Fsp3) is 0.812. The molecule has 60 heavy (non-hydrogen) atoms. The predicted octanol–water partition coefficient (Wildman–Crippen LogP) is 13.2. The molecule has 0 aliphatic carbocycles. The van der Waals surface area contributed by atoms with Crippen LogP contribution in [0.1, 0.15) is 219 Å². The molecule has 0 bridgehead atoms. The van der Waals surface area contributed by atoms with Gasteiger partial charge < -0.3 is 25.2 Å². The van der Waals surface area contributed by atoms with Gasteiger partial charge in [0.1, 0.15) is 12.6 Å². The monoisotopic (exact) mass is 870 g/mol. The van der Waals surface area contributed by atoms with E-state index >= 15 is 0 Å². The van der Waals surface area contributed by atoms with Gasteiger partial charge in [-0.1, -0.05) is 172 Å². The van der Waals surface area contributed by atoms with Crippen molar-refractivity contribution in [2.24, 2.45) is 5.73 Å². The predicted molar refractivity (Wildman–Crippen MR) is 245 cm³/mol. The van der Waals surface area contributed by atoms with E-state index in [9.17, 15) is 23.8 Å². The SMILES string of the molecule is CCCCCC/C=C/CCCCCCCC(=O)OC[C@@H](COP(=O)(O)OC[C@H](N)C(=O)O)OC(=O)CCC/C=C/CC/C=C/CCCCCCCCCCCCCCCC. The number of phosphoric acid groups is 1. The molecule has 1 unspecified atom stereocenters. The van der Waals surface area contributed by atoms with Crippen LogP contribution in [0.5, 0.6) is 0 Å². The van der Waals surface area contributed by atoms with E-state index in [1.54, 1.807) is 0 Å². The standard InChI is InChI=1S/C48H88NO10P/c1-3-5-7-9-11-13-15-17-18-19-20-21-22-23-24-25-26-28-30-32-34-36-38-40-47(51)59-44(42-57-60(54,55)58-43-45(49)48(52)53)41-56-46(50)39-37-35-33-31-29-27-16-14-12-10-8-6-4-2/h14,16,25-26,32,34,44-45H,3-13,15,17-24,27-31,33,35-43,49H2,1-2H3,(H,52,53)(H,54,55)/b16-14+,26-25+,34-32+/t44-,45-/m0/s1. The number of carboxylic acids is 1. The summed E-state index contributed by atoms with van der Waals surface area (Å²) < 4.78 is 32.7. The topological polar surface area (TPSA) is 172 Å². The Labute approximate surface area is 365 Å². The minimum atomic E-state index is -4.73. The van der Waals surface area contributed by atoms with Crippen molar-refractivity contribution in [3.63, 3.8) is 0 Å². The molecule has 0 aromatic carbocycles. The van der Waals surface area contributed by atoms with Gasteiger partial charge in [-0.15, -0.1) is 0 Å². The molecule has 4 N–H and O–H groups in total. The maximum atomic E-state index is 12.6. The van der Waals surface area contributed by atoms with E-state index in [0.717, 1.165) is 57.8 Å². The first kappa shape index (κ1) is 57.7. The highest BCUT2D eigenvalue weighted by Crippen LogP contribution is 2.43. The van der Waals surface area contributed by atoms with Crippen LogP contribution in [0, 0.1) is 0 Å². The molecule has 0 saturated carbocycles. The van der Waals surface area contributed by atoms with Crippen LogP contribution in [0.4, 0.5) is 0 Å². The van der Waals surface area contributed by atoms with Crippen LogP contribution in [-0.2, 0) is 37.5 Å². The quantitative estimate of drug-likeness (QED) is 0.0230. The summed E-state index contributed by atoms with van der Waals surface area (Å²) >= 11 is 0. The molecule has 0 amide bonds. The maximum absolute atomic E-state index is 12.6. The molecule has 3 atom stereocenters. The largest absolute Gasteiger partial charge is 0.480 e. The molecule has 0 heterocycles. The Morgan fingerprint density at radius 2 is 0.867 bits per heavy atom. The van der Waals surface area contributed by atoms with E-state index in [-0.39, 0.29) is 19.4 Å². The number of ether oxygens (including phenoxy) is 2. The Morgan fingerprint density at radius 3 is 1.33 bits per heavy atom. The molecular weight excluding hydrogens is 781 g/mol. The summed E-state index contributed by atoms with van der Waals surface area (Å²) in [6.45, 7) is 2.76. The van der Waals surface area contributed by atoms with Crippen LogP contribution in [0.2, 0.25) is 0 Å². The van der Waals surface area contributed by atoms with Crippen molar-refractivity contribution in [2.45, 2.75) is 231 Å². The van der Waals surface area contributed by atoms with Crippen LogP contribution < -0.4 is 5.73 Å². The fourth-order valence-corrected chi connectivity index (χ4v) is 7.33. The van der Waals surface area contributed by atoms with Crippen molar-refractivity contribution < 1.29 is 47.5 Å². The van der Waals surface area contributed by atoms with E-state index in [0.29, 0.717) is 19.3 Å². The lowest BCUT2D eigenvalue weighted by atomic mass is 10.0. The minimum absolute atomic E-state index is 0.101. The van der Waals surface area contributed by atoms with Crippen molar-refractivity contribution in [3.8, 4) is 0 Å². The summed E-state index contributed by atoms with van der Waals surface area (Å²) in [5, 5.41) is 8.90. The van der Waals surface area contributed by atoms with Crippen LogP contribution in [-0.4, -0.2) is 59.9 Å². The number of unbranched alkanes of at least 4 members (excludes halogenated alkanes) is 25. The van der Waals surface area contributed by atoms with Crippen LogP contribution in [0.15, 0.2) is 36.5 Å². The molecular formula is C48H88NO10P. The molecule has 12 heteroatoms. The van der Waals surface area contributed by atoms with Gasteiger partial charge in [0.25, 0.3) is 0 Å². The van der Waals surface area contributed by atoms with Crippen molar-refractivity contribution in [3.05, 3.63) is 36.5 Å². The molecule has 0 saturated heterocycles. The van der Waals surface area contributed by atoms with Crippen molar-refractivity contribution in [2.75, 3.05) is 19.8 Å². The Bertz CT molecular complexity index is 1160. The zero-order valence-electron chi connectivity index (χ0n) is 38.1. The number of carboxylic acid groups (broad SMARTS) is 1. The molecule has 0 radical (unpaired) electrons. The number of carbonyl (C=O) groups excluding carboxylic acids is 2. The summed E-state index contributed by atoms with van der Waals surface area (Å²) in [5.74, 6) is -2.44. The number of hydrogen-bond donors (Lipinski definition) is 3. The summed E-state index contributed by atoms with van der Waals surface area (Å²) in [7, 11) is -4.73. The number of phosphoric ester groups is 1. The minimum Gasteiger partial charge on any atom is -0.480 e. The van der Waals surface area contributed by atoms with Crippen molar-refractivity contribution >= 4 is 25.7 Å². The first-order valence-corrected chi connectivity index (χ1v) is 25.5. The summed E-state index contributed by atoms with van der Waals surface area (Å²) in [5.41, 5.74) is 5.34. The van der Waals surface area contributed by atoms with Crippen molar-refractivity contribution in [1.29, 1.82) is 0 Å². The van der Waals surface area contributed by atoms with Gasteiger partial charge in [-0.2, -0.15) is 0 Å². The Balaban J connectivity index is 4.31. The van der Waals surface area contributed by atoms with Crippen molar-refractivity contribution in [1.82, 2.24) is 0 Å². The zero-order valence-corrected chi connectivity index (χ0v) is 38.9. The normalized spacial score (nSPS) is 13.9. The smallest absolute Gasteiger partial charge is 0.472 e. The molecule has 0 aromatic rings. The highest BCUT2D eigenvalue weighted by atomic mass is 31.2. The third-order valence-electron chi connectivity index (χ3n) is 10.3. The lowest BCUT2D eigenvalue weighted by Crippen LogP contribution is -2.34. The maximum Gasteiger partial charge on any atom is 0.472 e. The van der Waals surface area contributed by atoms with Gasteiger partial charge >= 0.3 is 25.7 Å². The number of rotatable bonds is 45. The van der Waals surface area contributed by atoms with E-state index < -0.39 is 51.1 Å². The van der Waals surface area contributed by atoms with Gasteiger partial charge in [0.2, 0.25) is 0 Å². The molecule has 0 fully saturated rings. The lowest BCUT2D eigenvalue weighted by Gasteiger charge is -2.20. The first-order valence-electron chi connectivity index (χ1n) is 24.0. The molecule has 0 aromatic heterocycles. The van der Waals surface area contributed by atoms with Crippen LogP contribution in [0.3, 0.4) is 0 Å². The average molecular weight is 870 g/mol. The Kier molecular flexibility index (Phi) is 41.7. The molecule has 0 spiro atoms. The van der Waals surface area contributed by atoms with E-state index in [1.807, 2.05) is 6.08 Å². The second kappa shape index (κ2) is 43.4. The number of aliphatic carboxylic acids is 1. The number of allylic oxidation sites excluding steroid dienone is 6. The second-order valence-electron chi connectivity index (χ2n) is 16.2. The van der Waals surface area contributed by atoms with Gasteiger partial charge in [-0.25, -0.2) is 4.57 Å². The van der Waals surface area contributed by atoms with Gasteiger partial charge in [0.05, 0.1) is 13.2 Å². The lowest BCUT2D eigenvalue weighted by molar-refractivity contribution is -0.161. The van der Waals surface area contributed by atoms with Gasteiger partial charge in [0, 0.05) is 12.8 Å². The fourth-order valence-electron chi connectivity index (χ4n) is 6.55. The molecule has 0 rings (SSSR count). The molecule has 11 nitrogen and oxygen atoms in total. The van der Waals surface area contributed by atoms with Gasteiger partial charge in [-0.3, -0.25) is 23.4 Å². The molecule has 0 aliphatic rings. The van der Waals surface area contributed by atoms with Crippen LogP contribution in [0.25, 0.3) is 0 Å². The highest BCUT2D eigenvalue weighted by Gasteiger charge is 2.28. The second-order valence-corrected chi connectivity index (χ2v) is 17.7. The van der Waals surface area contributed by atoms with E-state index in [2.05, 4.69) is 48.8 Å². The number of esters is 2. The molecule has 0 aliphatic heterocycles. The third kappa shape index (κ3) is 42.4. The molecule has 350 valence electrons. The van der Waals surface area contributed by atoms with Gasteiger partial charge in [0.15, 0.2) is 6.10 Å². The third-order valence-corrected chi connectivity index (χ3v) is 11.3. The number of nitrogens with two attached hydrogens (primary N) is 1. The van der Waals surface area contributed by atoms with E-state index in [1.165, 1.54) is 116 Å². The average Bonchev–Trinajstić information content (AvgIpc) is 3.22. The number of hydrogen-bond acceptors (Lipinski definition) is 9. The van der Waals surface area contributed by atoms with E-state index in [4.69, 9.17) is 24.8 Å². The van der Waals surface area contributed by atoms with Crippen LogP contribution >= 0.6 is 7.82 Å². The summed E-state index contributed by atoms with van der Waals surface area (Å²) in [6.07, 6.45) is 48.0. The summed E-state index contributed by atoms with van der Waals surface area (Å²) in [6, 6.07) is -1.53. The zero-order chi connectivity index (χ0) is 44.2. The first-order chi connectivity index (χ1) is 29.1. The Morgan fingerprint density at radius 1 is 0.500 bits per heavy atom. The van der Waals surface area contributed by atoms with Gasteiger partial charge in [-0.05, 0) is 70.6 Å². The highest BCUT2D eigenvalue weighted by molar-refractivity contribution is 7.47. The Hall–Kier alpha value is -2.30. The number of carbonyl (C=O) groups is 3.